The molecule has 0 bridgehead atoms. The molecule has 4 nitrogen and oxygen atoms in total. The molecule has 0 spiro atoms. The van der Waals surface area contributed by atoms with Gasteiger partial charge in [-0.2, -0.15) is 0 Å². The molecule has 1 aliphatic carbocycles. The highest BCUT2D eigenvalue weighted by atomic mass is 19.1. The predicted octanol–water partition coefficient (Wildman–Crippen LogP) is 1.47. The molecule has 3 N–H and O–H groups in total. The lowest BCUT2D eigenvalue weighted by Gasteiger charge is -2.10. The van der Waals surface area contributed by atoms with E-state index in [2.05, 4.69) is 5.32 Å². The topological polar surface area (TPSA) is 64.4 Å². The lowest BCUT2D eigenvalue weighted by atomic mass is 10.2. The maximum atomic E-state index is 13.7. The van der Waals surface area contributed by atoms with E-state index in [1.165, 1.54) is 12.1 Å². The van der Waals surface area contributed by atoms with Crippen molar-refractivity contribution >= 4 is 5.91 Å². The Morgan fingerprint density at radius 2 is 2.00 bits per heavy atom. The third-order valence-corrected chi connectivity index (χ3v) is 2.83. The van der Waals surface area contributed by atoms with Crippen molar-refractivity contribution in [3.05, 3.63) is 29.3 Å². The van der Waals surface area contributed by atoms with Gasteiger partial charge in [0.1, 0.15) is 0 Å². The number of rotatable bonds is 7. The highest BCUT2D eigenvalue weighted by Crippen LogP contribution is 2.24. The fourth-order valence-electron chi connectivity index (χ4n) is 1.66. The maximum absolute atomic E-state index is 13.7. The summed E-state index contributed by atoms with van der Waals surface area (Å²) >= 11 is 0. The first kappa shape index (κ1) is 13.7. The number of hydrogen-bond donors (Lipinski definition) is 2. The minimum atomic E-state index is -0.767. The van der Waals surface area contributed by atoms with Crippen LogP contribution in [-0.2, 0) is 11.3 Å². The molecule has 1 aliphatic rings. The van der Waals surface area contributed by atoms with E-state index in [0.29, 0.717) is 18.2 Å². The van der Waals surface area contributed by atoms with Gasteiger partial charge in [-0.05, 0) is 30.5 Å². The van der Waals surface area contributed by atoms with E-state index in [0.717, 1.165) is 12.8 Å². The monoisotopic (exact) mass is 270 g/mol. The second-order valence-corrected chi connectivity index (χ2v) is 4.61. The van der Waals surface area contributed by atoms with Crippen LogP contribution in [0.15, 0.2) is 12.1 Å². The smallest absolute Gasteiger partial charge is 0.220 e. The zero-order chi connectivity index (χ0) is 13.8. The molecule has 0 atom stereocenters. The number of primary amides is 1. The van der Waals surface area contributed by atoms with E-state index >= 15 is 0 Å². The van der Waals surface area contributed by atoms with Crippen molar-refractivity contribution in [3.8, 4) is 5.75 Å². The Morgan fingerprint density at radius 3 is 2.53 bits per heavy atom. The van der Waals surface area contributed by atoms with Crippen LogP contribution in [0.2, 0.25) is 0 Å². The van der Waals surface area contributed by atoms with Crippen LogP contribution in [0.4, 0.5) is 8.78 Å². The van der Waals surface area contributed by atoms with Gasteiger partial charge in [-0.1, -0.05) is 0 Å². The van der Waals surface area contributed by atoms with Crippen LogP contribution >= 0.6 is 0 Å². The fourth-order valence-corrected chi connectivity index (χ4v) is 1.66. The SMILES string of the molecule is NC(=O)CCOc1c(F)cc(CNC2CC2)cc1F. The lowest BCUT2D eigenvalue weighted by Crippen LogP contribution is -2.16. The minimum Gasteiger partial charge on any atom is -0.487 e. The summed E-state index contributed by atoms with van der Waals surface area (Å²) in [6, 6.07) is 2.94. The van der Waals surface area contributed by atoms with E-state index in [4.69, 9.17) is 10.5 Å². The predicted molar refractivity (Wildman–Crippen MR) is 65.5 cm³/mol. The van der Waals surface area contributed by atoms with E-state index in [1.807, 2.05) is 0 Å². The van der Waals surface area contributed by atoms with Gasteiger partial charge in [0.05, 0.1) is 13.0 Å². The lowest BCUT2D eigenvalue weighted by molar-refractivity contribution is -0.118. The van der Waals surface area contributed by atoms with Gasteiger partial charge in [0.2, 0.25) is 5.91 Å². The minimum absolute atomic E-state index is 0.0795. The average Bonchev–Trinajstić information content (AvgIpc) is 3.13. The van der Waals surface area contributed by atoms with Crippen molar-refractivity contribution in [3.63, 3.8) is 0 Å². The van der Waals surface area contributed by atoms with Crippen LogP contribution in [0.3, 0.4) is 0 Å². The summed E-state index contributed by atoms with van der Waals surface area (Å²) in [5.41, 5.74) is 5.45. The number of carbonyl (C=O) groups is 1. The second-order valence-electron chi connectivity index (χ2n) is 4.61. The van der Waals surface area contributed by atoms with Crippen molar-refractivity contribution in [2.24, 2.45) is 5.73 Å². The number of nitrogens with two attached hydrogens (primary N) is 1. The van der Waals surface area contributed by atoms with Crippen LogP contribution in [0.25, 0.3) is 0 Å². The number of ether oxygens (including phenoxy) is 1. The van der Waals surface area contributed by atoms with E-state index in [1.54, 1.807) is 0 Å². The number of amides is 1. The Hall–Kier alpha value is -1.69. The standard InChI is InChI=1S/C13H16F2N2O2/c14-10-5-8(7-17-9-1-2-9)6-11(15)13(10)19-4-3-12(16)18/h5-6,9,17H,1-4,7H2,(H2,16,18). The normalized spacial score (nSPS) is 14.4. The Balaban J connectivity index is 1.96. The molecule has 2 rings (SSSR count). The van der Waals surface area contributed by atoms with Crippen LogP contribution in [0.5, 0.6) is 5.75 Å². The van der Waals surface area contributed by atoms with Crippen molar-refractivity contribution in [2.75, 3.05) is 6.61 Å². The van der Waals surface area contributed by atoms with Crippen LogP contribution in [-0.4, -0.2) is 18.6 Å². The summed E-state index contributed by atoms with van der Waals surface area (Å²) in [4.78, 5) is 10.5. The molecule has 0 heterocycles. The molecule has 6 heteroatoms. The Bertz CT molecular complexity index is 453. The number of benzene rings is 1. The molecule has 104 valence electrons. The van der Waals surface area contributed by atoms with Gasteiger partial charge in [-0.15, -0.1) is 0 Å². The van der Waals surface area contributed by atoms with Crippen LogP contribution in [0.1, 0.15) is 24.8 Å². The average molecular weight is 270 g/mol. The Morgan fingerprint density at radius 1 is 1.37 bits per heavy atom. The van der Waals surface area contributed by atoms with Gasteiger partial charge in [-0.25, -0.2) is 8.78 Å². The molecule has 0 saturated heterocycles. The van der Waals surface area contributed by atoms with Gasteiger partial charge in [-0.3, -0.25) is 4.79 Å². The summed E-state index contributed by atoms with van der Waals surface area (Å²) in [6.07, 6.45) is 2.14. The van der Waals surface area contributed by atoms with Crippen molar-refractivity contribution < 1.29 is 18.3 Å². The summed E-state index contributed by atoms with van der Waals surface area (Å²) in [6.45, 7) is 0.295. The fraction of sp³-hybridized carbons (Fsp3) is 0.462. The highest BCUT2D eigenvalue weighted by Gasteiger charge is 2.20. The van der Waals surface area contributed by atoms with Crippen molar-refractivity contribution in [2.45, 2.75) is 31.8 Å². The molecule has 0 radical (unpaired) electrons. The molecule has 1 aromatic rings. The summed E-state index contributed by atoms with van der Waals surface area (Å²) in [5, 5.41) is 3.17. The Kier molecular flexibility index (Phi) is 4.31. The number of nitrogens with one attached hydrogen (secondary N) is 1. The van der Waals surface area contributed by atoms with Gasteiger partial charge >= 0.3 is 0 Å². The first-order chi connectivity index (χ1) is 9.06. The molecule has 0 aromatic heterocycles. The largest absolute Gasteiger partial charge is 0.487 e. The molecule has 1 aromatic carbocycles. The molecule has 1 saturated carbocycles. The summed E-state index contributed by atoms with van der Waals surface area (Å²) in [7, 11) is 0. The first-order valence-corrected chi connectivity index (χ1v) is 6.18. The quantitative estimate of drug-likeness (QED) is 0.788. The first-order valence-electron chi connectivity index (χ1n) is 6.18. The maximum Gasteiger partial charge on any atom is 0.220 e. The molecular weight excluding hydrogens is 254 g/mol. The van der Waals surface area contributed by atoms with Crippen molar-refractivity contribution in [1.29, 1.82) is 0 Å². The zero-order valence-corrected chi connectivity index (χ0v) is 10.4. The number of hydrogen-bond acceptors (Lipinski definition) is 3. The second kappa shape index (κ2) is 5.97. The van der Waals surface area contributed by atoms with Crippen LogP contribution < -0.4 is 15.8 Å². The third-order valence-electron chi connectivity index (χ3n) is 2.83. The molecule has 1 amide bonds. The van der Waals surface area contributed by atoms with Crippen LogP contribution in [0, 0.1) is 11.6 Å². The summed E-state index contributed by atoms with van der Waals surface area (Å²) in [5.74, 6) is -2.57. The van der Waals surface area contributed by atoms with Gasteiger partial charge in [0, 0.05) is 12.6 Å². The van der Waals surface area contributed by atoms with E-state index < -0.39 is 23.3 Å². The third kappa shape index (κ3) is 4.17. The molecule has 19 heavy (non-hydrogen) atoms. The van der Waals surface area contributed by atoms with E-state index in [9.17, 15) is 13.6 Å². The molecule has 1 fully saturated rings. The summed E-state index contributed by atoms with van der Waals surface area (Å²) < 4.78 is 32.2. The van der Waals surface area contributed by atoms with Gasteiger partial charge < -0.3 is 15.8 Å². The molecular formula is C13H16F2N2O2. The highest BCUT2D eigenvalue weighted by molar-refractivity contribution is 5.73. The zero-order valence-electron chi connectivity index (χ0n) is 10.4. The Labute approximate surface area is 109 Å². The molecule has 0 unspecified atom stereocenters. The number of carbonyl (C=O) groups excluding carboxylic acids is 1. The van der Waals surface area contributed by atoms with Gasteiger partial charge in [0.15, 0.2) is 17.4 Å². The molecule has 0 aliphatic heterocycles. The van der Waals surface area contributed by atoms with Crippen molar-refractivity contribution in [1.82, 2.24) is 5.32 Å². The number of halogens is 2. The van der Waals surface area contributed by atoms with Gasteiger partial charge in [0.25, 0.3) is 0 Å². The van der Waals surface area contributed by atoms with E-state index in [-0.39, 0.29) is 13.0 Å².